The Bertz CT molecular complexity index is 666. The van der Waals surface area contributed by atoms with Gasteiger partial charge in [0.25, 0.3) is 0 Å². The summed E-state index contributed by atoms with van der Waals surface area (Å²) in [5.41, 5.74) is 9.44. The van der Waals surface area contributed by atoms with Crippen LogP contribution < -0.4 is 5.73 Å². The standard InChI is InChI=1S/C17H19NO2/c1-10-8-11(2)15(19)14-13(10)9-17(20,16(14)18)12-6-4-3-5-7-12/h3-8,16,19-20H,9,18H2,1-2H3. The van der Waals surface area contributed by atoms with Gasteiger partial charge in [-0.15, -0.1) is 0 Å². The van der Waals surface area contributed by atoms with Crippen molar-refractivity contribution in [2.24, 2.45) is 5.73 Å². The average molecular weight is 269 g/mol. The van der Waals surface area contributed by atoms with Gasteiger partial charge >= 0.3 is 0 Å². The summed E-state index contributed by atoms with van der Waals surface area (Å²) in [7, 11) is 0. The van der Waals surface area contributed by atoms with Crippen molar-refractivity contribution in [1.82, 2.24) is 0 Å². The monoisotopic (exact) mass is 269 g/mol. The van der Waals surface area contributed by atoms with Crippen LogP contribution in [0.25, 0.3) is 0 Å². The molecule has 0 saturated carbocycles. The SMILES string of the molecule is Cc1cc(C)c2c(c1O)C(N)C(O)(c1ccccc1)C2. The second kappa shape index (κ2) is 4.33. The molecule has 0 spiro atoms. The van der Waals surface area contributed by atoms with Crippen LogP contribution in [0, 0.1) is 13.8 Å². The number of nitrogens with two attached hydrogens (primary N) is 1. The summed E-state index contributed by atoms with van der Waals surface area (Å²) >= 11 is 0. The molecule has 0 radical (unpaired) electrons. The molecule has 2 unspecified atom stereocenters. The van der Waals surface area contributed by atoms with Gasteiger partial charge < -0.3 is 15.9 Å². The first-order chi connectivity index (χ1) is 9.45. The van der Waals surface area contributed by atoms with E-state index < -0.39 is 11.6 Å². The summed E-state index contributed by atoms with van der Waals surface area (Å²) in [5.74, 6) is 0.213. The van der Waals surface area contributed by atoms with Crippen LogP contribution in [-0.2, 0) is 12.0 Å². The van der Waals surface area contributed by atoms with Crippen LogP contribution in [-0.4, -0.2) is 10.2 Å². The van der Waals surface area contributed by atoms with Crippen molar-refractivity contribution >= 4 is 0 Å². The van der Waals surface area contributed by atoms with Crippen molar-refractivity contribution in [3.8, 4) is 5.75 Å². The van der Waals surface area contributed by atoms with Crippen molar-refractivity contribution in [3.63, 3.8) is 0 Å². The zero-order valence-electron chi connectivity index (χ0n) is 11.7. The number of phenols is 1. The minimum Gasteiger partial charge on any atom is -0.507 e. The van der Waals surface area contributed by atoms with E-state index >= 15 is 0 Å². The molecule has 2 atom stereocenters. The first kappa shape index (κ1) is 13.2. The highest BCUT2D eigenvalue weighted by molar-refractivity contribution is 5.56. The van der Waals surface area contributed by atoms with Crippen LogP contribution >= 0.6 is 0 Å². The summed E-state index contributed by atoms with van der Waals surface area (Å²) < 4.78 is 0. The second-order valence-corrected chi connectivity index (χ2v) is 5.70. The van der Waals surface area contributed by atoms with E-state index in [2.05, 4.69) is 0 Å². The number of hydrogen-bond acceptors (Lipinski definition) is 3. The van der Waals surface area contributed by atoms with Crippen LogP contribution in [0.4, 0.5) is 0 Å². The summed E-state index contributed by atoms with van der Waals surface area (Å²) in [5, 5.41) is 21.4. The molecule has 0 aliphatic heterocycles. The molecular weight excluding hydrogens is 250 g/mol. The van der Waals surface area contributed by atoms with Crippen LogP contribution in [0.3, 0.4) is 0 Å². The molecule has 0 bridgehead atoms. The van der Waals surface area contributed by atoms with Gasteiger partial charge in [0, 0.05) is 12.0 Å². The molecule has 2 aromatic carbocycles. The lowest BCUT2D eigenvalue weighted by Gasteiger charge is -2.28. The lowest BCUT2D eigenvalue weighted by atomic mass is 9.87. The summed E-state index contributed by atoms with van der Waals surface area (Å²) in [6.45, 7) is 3.85. The molecule has 0 heterocycles. The zero-order valence-corrected chi connectivity index (χ0v) is 11.7. The predicted molar refractivity (Wildman–Crippen MR) is 78.6 cm³/mol. The van der Waals surface area contributed by atoms with Gasteiger partial charge in [0.05, 0.1) is 6.04 Å². The van der Waals surface area contributed by atoms with Gasteiger partial charge in [0.1, 0.15) is 11.4 Å². The van der Waals surface area contributed by atoms with E-state index in [9.17, 15) is 10.2 Å². The highest BCUT2D eigenvalue weighted by Gasteiger charge is 2.46. The van der Waals surface area contributed by atoms with Gasteiger partial charge in [0.15, 0.2) is 0 Å². The summed E-state index contributed by atoms with van der Waals surface area (Å²) in [6, 6.07) is 10.8. The van der Waals surface area contributed by atoms with E-state index in [1.165, 1.54) is 0 Å². The fourth-order valence-corrected chi connectivity index (χ4v) is 3.24. The molecule has 0 fully saturated rings. The van der Waals surface area contributed by atoms with Crippen molar-refractivity contribution in [3.05, 3.63) is 64.2 Å². The Kier molecular flexibility index (Phi) is 2.85. The van der Waals surface area contributed by atoms with Gasteiger partial charge in [-0.1, -0.05) is 36.4 Å². The van der Waals surface area contributed by atoms with Crippen LogP contribution in [0.2, 0.25) is 0 Å². The minimum atomic E-state index is -1.15. The van der Waals surface area contributed by atoms with Gasteiger partial charge in [-0.3, -0.25) is 0 Å². The maximum absolute atomic E-state index is 11.1. The number of hydrogen-bond donors (Lipinski definition) is 3. The topological polar surface area (TPSA) is 66.5 Å². The highest BCUT2D eigenvalue weighted by atomic mass is 16.3. The lowest BCUT2D eigenvalue weighted by Crippen LogP contribution is -2.35. The van der Waals surface area contributed by atoms with Gasteiger partial charge in [-0.05, 0) is 36.1 Å². The first-order valence-corrected chi connectivity index (χ1v) is 6.80. The van der Waals surface area contributed by atoms with Gasteiger partial charge in [-0.25, -0.2) is 0 Å². The number of fused-ring (bicyclic) bond motifs is 1. The molecule has 0 aromatic heterocycles. The Hall–Kier alpha value is -1.84. The third kappa shape index (κ3) is 1.67. The highest BCUT2D eigenvalue weighted by Crippen LogP contribution is 2.49. The van der Waals surface area contributed by atoms with Crippen LogP contribution in [0.15, 0.2) is 36.4 Å². The van der Waals surface area contributed by atoms with E-state index in [1.807, 2.05) is 50.2 Å². The molecule has 104 valence electrons. The third-order valence-corrected chi connectivity index (χ3v) is 4.41. The molecule has 0 saturated heterocycles. The predicted octanol–water partition coefficient (Wildman–Crippen LogP) is 2.45. The normalized spacial score (nSPS) is 24.7. The number of aromatic hydroxyl groups is 1. The third-order valence-electron chi connectivity index (χ3n) is 4.41. The molecule has 4 N–H and O–H groups in total. The van der Waals surface area contributed by atoms with E-state index in [4.69, 9.17) is 5.73 Å². The zero-order chi connectivity index (χ0) is 14.5. The quantitative estimate of drug-likeness (QED) is 0.745. The van der Waals surface area contributed by atoms with Gasteiger partial charge in [0.2, 0.25) is 0 Å². The molecule has 1 aliphatic carbocycles. The number of benzene rings is 2. The Morgan fingerprint density at radius 2 is 1.80 bits per heavy atom. The van der Waals surface area contributed by atoms with Crippen molar-refractivity contribution in [1.29, 1.82) is 0 Å². The Labute approximate surface area is 118 Å². The summed E-state index contributed by atoms with van der Waals surface area (Å²) in [6.07, 6.45) is 0.438. The molecule has 2 aromatic rings. The van der Waals surface area contributed by atoms with Gasteiger partial charge in [-0.2, -0.15) is 0 Å². The van der Waals surface area contributed by atoms with Crippen molar-refractivity contribution < 1.29 is 10.2 Å². The fraction of sp³-hybridized carbons (Fsp3) is 0.294. The maximum atomic E-state index is 11.1. The number of rotatable bonds is 1. The molecular formula is C17H19NO2. The Balaban J connectivity index is 2.18. The Morgan fingerprint density at radius 1 is 1.15 bits per heavy atom. The van der Waals surface area contributed by atoms with Crippen LogP contribution in [0.5, 0.6) is 5.75 Å². The van der Waals surface area contributed by atoms with E-state index in [0.29, 0.717) is 12.0 Å². The number of aryl methyl sites for hydroxylation is 2. The maximum Gasteiger partial charge on any atom is 0.123 e. The minimum absolute atomic E-state index is 0.213. The fourth-order valence-electron chi connectivity index (χ4n) is 3.24. The largest absolute Gasteiger partial charge is 0.507 e. The van der Waals surface area contributed by atoms with E-state index in [-0.39, 0.29) is 5.75 Å². The lowest BCUT2D eigenvalue weighted by molar-refractivity contribution is 0.0207. The van der Waals surface area contributed by atoms with Crippen molar-refractivity contribution in [2.45, 2.75) is 31.9 Å². The molecule has 1 aliphatic rings. The molecule has 3 nitrogen and oxygen atoms in total. The molecule has 0 amide bonds. The number of aliphatic hydroxyl groups is 1. The van der Waals surface area contributed by atoms with E-state index in [1.54, 1.807) is 0 Å². The number of phenolic OH excluding ortho intramolecular Hbond substituents is 1. The second-order valence-electron chi connectivity index (χ2n) is 5.70. The average Bonchev–Trinajstić information content (AvgIpc) is 2.72. The van der Waals surface area contributed by atoms with E-state index in [0.717, 1.165) is 22.3 Å². The molecule has 3 rings (SSSR count). The smallest absolute Gasteiger partial charge is 0.123 e. The molecule has 3 heteroatoms. The Morgan fingerprint density at radius 3 is 2.45 bits per heavy atom. The first-order valence-electron chi connectivity index (χ1n) is 6.80. The summed E-state index contributed by atoms with van der Waals surface area (Å²) in [4.78, 5) is 0. The molecule has 20 heavy (non-hydrogen) atoms. The van der Waals surface area contributed by atoms with Crippen molar-refractivity contribution in [2.75, 3.05) is 0 Å². The van der Waals surface area contributed by atoms with Crippen LogP contribution in [0.1, 0.15) is 33.9 Å².